The van der Waals surface area contributed by atoms with E-state index in [9.17, 15) is 8.42 Å². The van der Waals surface area contributed by atoms with Crippen molar-refractivity contribution in [2.24, 2.45) is 0 Å². The van der Waals surface area contributed by atoms with Crippen LogP contribution in [0.4, 0.5) is 0 Å². The first-order chi connectivity index (χ1) is 15.0. The van der Waals surface area contributed by atoms with Crippen molar-refractivity contribution in [2.45, 2.75) is 23.7 Å². The van der Waals surface area contributed by atoms with Crippen LogP contribution in [-0.2, 0) is 10.0 Å². The molecular weight excluding hydrogens is 422 g/mol. The highest BCUT2D eigenvalue weighted by molar-refractivity contribution is 7.89. The van der Waals surface area contributed by atoms with E-state index < -0.39 is 10.0 Å². The second-order valence-electron chi connectivity index (χ2n) is 7.38. The summed E-state index contributed by atoms with van der Waals surface area (Å²) in [4.78, 5) is 4.80. The third kappa shape index (κ3) is 3.72. The predicted octanol–water partition coefficient (Wildman–Crippen LogP) is 3.04. The van der Waals surface area contributed by atoms with Crippen molar-refractivity contribution < 1.29 is 27.2 Å². The molecule has 3 aromatic rings. The Morgan fingerprint density at radius 2 is 1.77 bits per heavy atom. The number of benzene rings is 2. The van der Waals surface area contributed by atoms with Crippen LogP contribution in [-0.4, -0.2) is 49.9 Å². The van der Waals surface area contributed by atoms with Gasteiger partial charge in [-0.2, -0.15) is 9.29 Å². The fraction of sp³-hybridized carbons (Fsp3) is 0.333. The quantitative estimate of drug-likeness (QED) is 0.593. The molecule has 2 aromatic carbocycles. The standard InChI is InChI=1S/C21H21N3O6S/c1-27-16-3-5-17(6-4-16)31(25,26)24-10-8-14(9-11-24)21-22-20(23-30-21)15-2-7-18-19(12-15)29-13-28-18/h2-7,12,14H,8-11,13H2,1H3. The summed E-state index contributed by atoms with van der Waals surface area (Å²) in [7, 11) is -2.01. The summed E-state index contributed by atoms with van der Waals surface area (Å²) in [5, 5.41) is 4.09. The Balaban J connectivity index is 1.26. The van der Waals surface area contributed by atoms with E-state index in [1.165, 1.54) is 4.31 Å². The van der Waals surface area contributed by atoms with Gasteiger partial charge in [-0.05, 0) is 55.3 Å². The van der Waals surface area contributed by atoms with Crippen LogP contribution < -0.4 is 14.2 Å². The number of aromatic nitrogens is 2. The van der Waals surface area contributed by atoms with Gasteiger partial charge in [0.15, 0.2) is 11.5 Å². The van der Waals surface area contributed by atoms with E-state index in [1.54, 1.807) is 31.4 Å². The fourth-order valence-corrected chi connectivity index (χ4v) is 5.26. The molecule has 0 N–H and O–H groups in total. The highest BCUT2D eigenvalue weighted by atomic mass is 32.2. The molecule has 0 saturated carbocycles. The molecule has 0 atom stereocenters. The van der Waals surface area contributed by atoms with E-state index in [2.05, 4.69) is 10.1 Å². The minimum atomic E-state index is -3.55. The second kappa shape index (κ2) is 7.86. The minimum absolute atomic E-state index is 0.0116. The largest absolute Gasteiger partial charge is 0.497 e. The van der Waals surface area contributed by atoms with E-state index in [-0.39, 0.29) is 17.6 Å². The van der Waals surface area contributed by atoms with Crippen molar-refractivity contribution in [3.63, 3.8) is 0 Å². The third-order valence-corrected chi connectivity index (χ3v) is 7.49. The van der Waals surface area contributed by atoms with Crippen molar-refractivity contribution in [1.29, 1.82) is 0 Å². The molecule has 3 heterocycles. The van der Waals surface area contributed by atoms with Gasteiger partial charge in [0.2, 0.25) is 28.5 Å². The molecule has 31 heavy (non-hydrogen) atoms. The Hall–Kier alpha value is -3.11. The summed E-state index contributed by atoms with van der Waals surface area (Å²) < 4.78 is 48.7. The Morgan fingerprint density at radius 3 is 2.52 bits per heavy atom. The highest BCUT2D eigenvalue weighted by Crippen LogP contribution is 2.36. The molecule has 1 aromatic heterocycles. The van der Waals surface area contributed by atoms with Gasteiger partial charge in [0.05, 0.1) is 12.0 Å². The number of fused-ring (bicyclic) bond motifs is 1. The molecule has 1 saturated heterocycles. The van der Waals surface area contributed by atoms with Crippen LogP contribution in [0.5, 0.6) is 17.2 Å². The fourth-order valence-electron chi connectivity index (χ4n) is 3.79. The average molecular weight is 443 g/mol. The predicted molar refractivity (Wildman–Crippen MR) is 110 cm³/mol. The minimum Gasteiger partial charge on any atom is -0.497 e. The molecule has 1 fully saturated rings. The van der Waals surface area contributed by atoms with Crippen LogP contribution in [0.2, 0.25) is 0 Å². The van der Waals surface area contributed by atoms with Gasteiger partial charge in [-0.1, -0.05) is 5.16 Å². The molecule has 9 nitrogen and oxygen atoms in total. The maximum absolute atomic E-state index is 12.9. The lowest BCUT2D eigenvalue weighted by Gasteiger charge is -2.29. The number of ether oxygens (including phenoxy) is 3. The first kappa shape index (κ1) is 19.8. The molecule has 0 aliphatic carbocycles. The monoisotopic (exact) mass is 443 g/mol. The Kier molecular flexibility index (Phi) is 5.03. The normalized spacial score (nSPS) is 17.1. The topological polar surface area (TPSA) is 104 Å². The first-order valence-corrected chi connectivity index (χ1v) is 11.4. The van der Waals surface area contributed by atoms with Crippen molar-refractivity contribution in [3.05, 3.63) is 48.4 Å². The van der Waals surface area contributed by atoms with E-state index in [4.69, 9.17) is 18.7 Å². The summed E-state index contributed by atoms with van der Waals surface area (Å²) in [5.74, 6) is 2.97. The van der Waals surface area contributed by atoms with E-state index in [0.717, 1.165) is 5.56 Å². The lowest BCUT2D eigenvalue weighted by Crippen LogP contribution is -2.37. The summed E-state index contributed by atoms with van der Waals surface area (Å²) in [6.45, 7) is 0.982. The van der Waals surface area contributed by atoms with Gasteiger partial charge in [0, 0.05) is 24.6 Å². The number of nitrogens with zero attached hydrogens (tertiary/aromatic N) is 3. The second-order valence-corrected chi connectivity index (χ2v) is 9.32. The van der Waals surface area contributed by atoms with Crippen LogP contribution in [0.15, 0.2) is 51.9 Å². The SMILES string of the molecule is COc1ccc(S(=O)(=O)N2CCC(c3nc(-c4ccc5c(c4)OCO5)no3)CC2)cc1. The molecular formula is C21H21N3O6S. The number of piperidine rings is 1. The maximum Gasteiger partial charge on any atom is 0.243 e. The number of methoxy groups -OCH3 is 1. The van der Waals surface area contributed by atoms with Crippen LogP contribution in [0.25, 0.3) is 11.4 Å². The van der Waals surface area contributed by atoms with E-state index in [0.29, 0.717) is 54.9 Å². The number of hydrogen-bond donors (Lipinski definition) is 0. The molecule has 0 bridgehead atoms. The molecule has 0 unspecified atom stereocenters. The number of rotatable bonds is 5. The summed E-state index contributed by atoms with van der Waals surface area (Å²) in [6.07, 6.45) is 1.22. The zero-order valence-electron chi connectivity index (χ0n) is 16.9. The average Bonchev–Trinajstić information content (AvgIpc) is 3.48. The van der Waals surface area contributed by atoms with Gasteiger partial charge in [-0.3, -0.25) is 0 Å². The van der Waals surface area contributed by atoms with Crippen LogP contribution in [0.3, 0.4) is 0 Å². The number of hydrogen-bond acceptors (Lipinski definition) is 8. The Labute approximate surface area is 179 Å². The van der Waals surface area contributed by atoms with Gasteiger partial charge in [0.1, 0.15) is 5.75 Å². The molecule has 162 valence electrons. The highest BCUT2D eigenvalue weighted by Gasteiger charge is 2.32. The molecule has 0 spiro atoms. The third-order valence-electron chi connectivity index (χ3n) is 5.57. The molecule has 2 aliphatic rings. The first-order valence-electron chi connectivity index (χ1n) is 9.92. The lowest BCUT2D eigenvalue weighted by atomic mass is 9.98. The Bertz CT molecular complexity index is 1180. The van der Waals surface area contributed by atoms with Crippen LogP contribution >= 0.6 is 0 Å². The zero-order valence-corrected chi connectivity index (χ0v) is 17.7. The van der Waals surface area contributed by atoms with Crippen LogP contribution in [0, 0.1) is 0 Å². The molecule has 5 rings (SSSR count). The summed E-state index contributed by atoms with van der Waals surface area (Å²) in [6, 6.07) is 11.9. The van der Waals surface area contributed by atoms with Gasteiger partial charge in [-0.25, -0.2) is 8.42 Å². The Morgan fingerprint density at radius 1 is 1.03 bits per heavy atom. The van der Waals surface area contributed by atoms with Crippen molar-refractivity contribution >= 4 is 10.0 Å². The molecule has 2 aliphatic heterocycles. The molecule has 10 heteroatoms. The van der Waals surface area contributed by atoms with Gasteiger partial charge >= 0.3 is 0 Å². The lowest BCUT2D eigenvalue weighted by molar-refractivity contribution is 0.174. The summed E-state index contributed by atoms with van der Waals surface area (Å²) in [5.41, 5.74) is 0.777. The van der Waals surface area contributed by atoms with Gasteiger partial charge in [0.25, 0.3) is 0 Å². The van der Waals surface area contributed by atoms with Crippen molar-refractivity contribution in [1.82, 2.24) is 14.4 Å². The van der Waals surface area contributed by atoms with Crippen LogP contribution in [0.1, 0.15) is 24.7 Å². The molecule has 0 amide bonds. The van der Waals surface area contributed by atoms with Gasteiger partial charge in [-0.15, -0.1) is 0 Å². The number of sulfonamides is 1. The maximum atomic E-state index is 12.9. The van der Waals surface area contributed by atoms with Gasteiger partial charge < -0.3 is 18.7 Å². The smallest absolute Gasteiger partial charge is 0.243 e. The van der Waals surface area contributed by atoms with E-state index >= 15 is 0 Å². The van der Waals surface area contributed by atoms with Crippen molar-refractivity contribution in [2.75, 3.05) is 27.0 Å². The van der Waals surface area contributed by atoms with Crippen molar-refractivity contribution in [3.8, 4) is 28.6 Å². The summed E-state index contributed by atoms with van der Waals surface area (Å²) >= 11 is 0. The molecule has 0 radical (unpaired) electrons. The zero-order chi connectivity index (χ0) is 21.4. The van der Waals surface area contributed by atoms with E-state index in [1.807, 2.05) is 18.2 Å².